The van der Waals surface area contributed by atoms with Gasteiger partial charge in [-0.25, -0.2) is 9.59 Å². The average molecular weight is 418 g/mol. The highest BCUT2D eigenvalue weighted by Crippen LogP contribution is 2.20. The molecule has 0 unspecified atom stereocenters. The van der Waals surface area contributed by atoms with Gasteiger partial charge in [-0.15, -0.1) is 0 Å². The van der Waals surface area contributed by atoms with Crippen molar-refractivity contribution in [2.24, 2.45) is 5.92 Å². The lowest BCUT2D eigenvalue weighted by Crippen LogP contribution is -2.47. The number of hydrogen-bond acceptors (Lipinski definition) is 4. The Morgan fingerprint density at radius 2 is 1.72 bits per heavy atom. The molecular formula is C21H24ClN3O4. The van der Waals surface area contributed by atoms with Crippen molar-refractivity contribution >= 4 is 40.9 Å². The number of carbonyl (C=O) groups is 3. The van der Waals surface area contributed by atoms with E-state index in [1.165, 1.54) is 0 Å². The van der Waals surface area contributed by atoms with Gasteiger partial charge in [0.25, 0.3) is 5.91 Å². The summed E-state index contributed by atoms with van der Waals surface area (Å²) in [6, 6.07) is 12.5. The molecule has 0 spiro atoms. The maximum absolute atomic E-state index is 12.4. The molecule has 7 nitrogen and oxygen atoms in total. The number of anilines is 2. The van der Waals surface area contributed by atoms with Gasteiger partial charge in [0.1, 0.15) is 6.04 Å². The van der Waals surface area contributed by atoms with Crippen LogP contribution in [-0.4, -0.2) is 30.6 Å². The highest BCUT2D eigenvalue weighted by molar-refractivity contribution is 6.31. The van der Waals surface area contributed by atoms with Crippen LogP contribution in [0, 0.1) is 12.8 Å². The number of rotatable bonds is 7. The van der Waals surface area contributed by atoms with Gasteiger partial charge < -0.3 is 20.7 Å². The molecule has 0 saturated carbocycles. The van der Waals surface area contributed by atoms with Crippen LogP contribution in [0.2, 0.25) is 5.02 Å². The third-order valence-corrected chi connectivity index (χ3v) is 4.29. The van der Waals surface area contributed by atoms with Crippen LogP contribution in [0.5, 0.6) is 0 Å². The predicted molar refractivity (Wildman–Crippen MR) is 113 cm³/mol. The number of benzene rings is 2. The minimum absolute atomic E-state index is 0.234. The number of carbonyl (C=O) groups excluding carboxylic acids is 3. The SMILES string of the molecule is Cc1ccc(Cl)cc1NC(=O)COC(=O)[C@@H](NC(=O)Nc1ccccc1)C(C)C. The molecule has 0 aliphatic rings. The lowest BCUT2D eigenvalue weighted by molar-refractivity contribution is -0.150. The number of para-hydroxylation sites is 1. The van der Waals surface area contributed by atoms with E-state index < -0.39 is 30.6 Å². The summed E-state index contributed by atoms with van der Waals surface area (Å²) < 4.78 is 5.09. The minimum Gasteiger partial charge on any atom is -0.454 e. The first-order valence-electron chi connectivity index (χ1n) is 9.11. The monoisotopic (exact) mass is 417 g/mol. The van der Waals surface area contributed by atoms with Gasteiger partial charge in [0, 0.05) is 16.4 Å². The van der Waals surface area contributed by atoms with Crippen molar-refractivity contribution in [2.75, 3.05) is 17.2 Å². The molecule has 154 valence electrons. The summed E-state index contributed by atoms with van der Waals surface area (Å²) in [6.45, 7) is 4.88. The predicted octanol–water partition coefficient (Wildman–Crippen LogP) is 3.98. The zero-order valence-corrected chi connectivity index (χ0v) is 17.2. The van der Waals surface area contributed by atoms with Gasteiger partial charge in [-0.1, -0.05) is 49.7 Å². The fraction of sp³-hybridized carbons (Fsp3) is 0.286. The largest absolute Gasteiger partial charge is 0.454 e. The Morgan fingerprint density at radius 3 is 2.38 bits per heavy atom. The van der Waals surface area contributed by atoms with Gasteiger partial charge in [0.15, 0.2) is 6.61 Å². The molecule has 0 saturated heterocycles. The number of aryl methyl sites for hydroxylation is 1. The van der Waals surface area contributed by atoms with Crippen LogP contribution < -0.4 is 16.0 Å². The fourth-order valence-electron chi connectivity index (χ4n) is 2.47. The van der Waals surface area contributed by atoms with E-state index in [1.54, 1.807) is 56.3 Å². The van der Waals surface area contributed by atoms with Gasteiger partial charge >= 0.3 is 12.0 Å². The van der Waals surface area contributed by atoms with Gasteiger partial charge in [0.2, 0.25) is 0 Å². The second-order valence-electron chi connectivity index (χ2n) is 6.80. The Bertz CT molecular complexity index is 871. The quantitative estimate of drug-likeness (QED) is 0.593. The molecule has 0 fully saturated rings. The molecule has 2 aromatic rings. The minimum atomic E-state index is -0.903. The van der Waals surface area contributed by atoms with Crippen LogP contribution in [-0.2, 0) is 14.3 Å². The number of esters is 1. The summed E-state index contributed by atoms with van der Waals surface area (Å²) in [5.41, 5.74) is 1.96. The van der Waals surface area contributed by atoms with E-state index in [2.05, 4.69) is 16.0 Å². The molecule has 3 amide bonds. The number of urea groups is 1. The van der Waals surface area contributed by atoms with Crippen molar-refractivity contribution in [1.29, 1.82) is 0 Å². The lowest BCUT2D eigenvalue weighted by Gasteiger charge is -2.21. The Hall–Kier alpha value is -3.06. The highest BCUT2D eigenvalue weighted by Gasteiger charge is 2.26. The summed E-state index contributed by atoms with van der Waals surface area (Å²) in [6.07, 6.45) is 0. The number of hydrogen-bond donors (Lipinski definition) is 3. The summed E-state index contributed by atoms with van der Waals surface area (Å²) in [7, 11) is 0. The molecule has 2 aromatic carbocycles. The molecule has 0 bridgehead atoms. The van der Waals surface area contributed by atoms with Crippen LogP contribution in [0.3, 0.4) is 0 Å². The van der Waals surface area contributed by atoms with Crippen molar-refractivity contribution in [3.8, 4) is 0 Å². The van der Waals surface area contributed by atoms with Gasteiger partial charge in [0.05, 0.1) is 0 Å². The first-order valence-corrected chi connectivity index (χ1v) is 9.49. The van der Waals surface area contributed by atoms with Crippen molar-refractivity contribution in [3.63, 3.8) is 0 Å². The normalized spacial score (nSPS) is 11.5. The maximum Gasteiger partial charge on any atom is 0.329 e. The fourth-order valence-corrected chi connectivity index (χ4v) is 2.64. The molecule has 0 aliphatic carbocycles. The van der Waals surface area contributed by atoms with E-state index in [4.69, 9.17) is 16.3 Å². The molecular weight excluding hydrogens is 394 g/mol. The molecule has 2 rings (SSSR count). The van der Waals surface area contributed by atoms with Crippen LogP contribution in [0.15, 0.2) is 48.5 Å². The third-order valence-electron chi connectivity index (χ3n) is 4.06. The van der Waals surface area contributed by atoms with E-state index in [9.17, 15) is 14.4 Å². The smallest absolute Gasteiger partial charge is 0.329 e. The first kappa shape index (κ1) is 22.2. The van der Waals surface area contributed by atoms with E-state index in [-0.39, 0.29) is 5.92 Å². The van der Waals surface area contributed by atoms with Gasteiger partial charge in [-0.05, 0) is 42.7 Å². The Kier molecular flexibility index (Phi) is 8.03. The summed E-state index contributed by atoms with van der Waals surface area (Å²) in [5.74, 6) is -1.43. The molecule has 0 heterocycles. The van der Waals surface area contributed by atoms with Crippen LogP contribution in [0.25, 0.3) is 0 Å². The van der Waals surface area contributed by atoms with Crippen molar-refractivity contribution in [3.05, 3.63) is 59.1 Å². The van der Waals surface area contributed by atoms with Crippen LogP contribution in [0.1, 0.15) is 19.4 Å². The molecule has 8 heteroatoms. The third kappa shape index (κ3) is 7.12. The van der Waals surface area contributed by atoms with E-state index >= 15 is 0 Å². The Balaban J connectivity index is 1.89. The number of ether oxygens (including phenoxy) is 1. The second-order valence-corrected chi connectivity index (χ2v) is 7.24. The average Bonchev–Trinajstić information content (AvgIpc) is 2.67. The topological polar surface area (TPSA) is 96.5 Å². The van der Waals surface area contributed by atoms with Crippen LogP contribution >= 0.6 is 11.6 Å². The van der Waals surface area contributed by atoms with Crippen molar-refractivity contribution in [1.82, 2.24) is 5.32 Å². The maximum atomic E-state index is 12.4. The van der Waals surface area contributed by atoms with E-state index in [0.717, 1.165) is 5.56 Å². The zero-order chi connectivity index (χ0) is 21.4. The molecule has 0 radical (unpaired) electrons. The summed E-state index contributed by atoms with van der Waals surface area (Å²) >= 11 is 5.93. The second kappa shape index (κ2) is 10.5. The van der Waals surface area contributed by atoms with E-state index in [1.807, 2.05) is 13.0 Å². The summed E-state index contributed by atoms with van der Waals surface area (Å²) in [4.78, 5) is 36.6. The van der Waals surface area contributed by atoms with E-state index in [0.29, 0.717) is 16.4 Å². The van der Waals surface area contributed by atoms with Crippen molar-refractivity contribution in [2.45, 2.75) is 26.8 Å². The number of halogens is 1. The zero-order valence-electron chi connectivity index (χ0n) is 16.5. The number of nitrogens with one attached hydrogen (secondary N) is 3. The molecule has 0 aromatic heterocycles. The van der Waals surface area contributed by atoms with Gasteiger partial charge in [-0.2, -0.15) is 0 Å². The molecule has 0 aliphatic heterocycles. The lowest BCUT2D eigenvalue weighted by atomic mass is 10.1. The van der Waals surface area contributed by atoms with Gasteiger partial charge in [-0.3, -0.25) is 4.79 Å². The molecule has 3 N–H and O–H groups in total. The molecule has 29 heavy (non-hydrogen) atoms. The highest BCUT2D eigenvalue weighted by atomic mass is 35.5. The van der Waals surface area contributed by atoms with Crippen LogP contribution in [0.4, 0.5) is 16.2 Å². The molecule has 1 atom stereocenters. The summed E-state index contributed by atoms with van der Waals surface area (Å²) in [5, 5.41) is 8.35. The first-order chi connectivity index (χ1) is 13.8. The Labute approximate surface area is 174 Å². The number of amides is 3. The standard InChI is InChI=1S/C21H24ClN3O4/c1-13(2)19(25-21(28)23-16-7-5-4-6-8-16)20(27)29-12-18(26)24-17-11-15(22)10-9-14(17)3/h4-11,13,19H,12H2,1-3H3,(H,24,26)(H2,23,25,28)/t19-/m0/s1. The Morgan fingerprint density at radius 1 is 1.03 bits per heavy atom. The van der Waals surface area contributed by atoms with Crippen molar-refractivity contribution < 1.29 is 19.1 Å².